The molecule has 0 aromatic heterocycles. The fraction of sp³-hybridized carbons (Fsp3) is 1.00. The monoisotopic (exact) mass is 300 g/mol. The Morgan fingerprint density at radius 3 is 2.75 bits per heavy atom. The molecule has 0 aromatic carbocycles. The van der Waals surface area contributed by atoms with Gasteiger partial charge in [-0.2, -0.15) is 11.8 Å². The molecule has 2 aliphatic rings. The van der Waals surface area contributed by atoms with E-state index in [2.05, 4.69) is 49.7 Å². The first-order valence-electron chi connectivity index (χ1n) is 8.06. The van der Waals surface area contributed by atoms with E-state index in [0.717, 1.165) is 32.2 Å². The Bertz CT molecular complexity index is 301. The number of nitrogens with one attached hydrogen (secondary N) is 1. The first-order chi connectivity index (χ1) is 9.41. The van der Waals surface area contributed by atoms with E-state index in [1.54, 1.807) is 0 Å². The smallest absolute Gasteiger partial charge is 0.0547 e. The van der Waals surface area contributed by atoms with Crippen LogP contribution in [0.1, 0.15) is 34.1 Å². The number of hydrogen-bond acceptors (Lipinski definition) is 4. The summed E-state index contributed by atoms with van der Waals surface area (Å²) < 4.78 is 6.15. The molecule has 1 unspecified atom stereocenters. The van der Waals surface area contributed by atoms with Crippen molar-refractivity contribution in [3.63, 3.8) is 0 Å². The standard InChI is InChI=1S/C16H32N2OS/c1-14(2)9-17-10-16(5-7-19-13-16)12-18-6-8-20-15(3,4)11-18/h14,17H,5-13H2,1-4H3. The van der Waals surface area contributed by atoms with E-state index < -0.39 is 0 Å². The number of ether oxygens (including phenoxy) is 1. The lowest BCUT2D eigenvalue weighted by atomic mass is 9.86. The largest absolute Gasteiger partial charge is 0.381 e. The lowest BCUT2D eigenvalue weighted by Crippen LogP contribution is -2.51. The molecule has 1 atom stereocenters. The topological polar surface area (TPSA) is 24.5 Å². The van der Waals surface area contributed by atoms with Crippen molar-refractivity contribution in [2.24, 2.45) is 11.3 Å². The van der Waals surface area contributed by atoms with Crippen molar-refractivity contribution in [2.45, 2.75) is 38.9 Å². The molecule has 0 radical (unpaired) electrons. The van der Waals surface area contributed by atoms with Gasteiger partial charge in [-0.1, -0.05) is 13.8 Å². The van der Waals surface area contributed by atoms with Gasteiger partial charge in [-0.3, -0.25) is 0 Å². The summed E-state index contributed by atoms with van der Waals surface area (Å²) in [6.07, 6.45) is 1.21. The summed E-state index contributed by atoms with van der Waals surface area (Å²) in [5, 5.41) is 3.67. The van der Waals surface area contributed by atoms with Gasteiger partial charge in [-0.25, -0.2) is 0 Å². The second-order valence-electron chi connectivity index (χ2n) is 7.65. The van der Waals surface area contributed by atoms with Crippen molar-refractivity contribution in [2.75, 3.05) is 51.7 Å². The Morgan fingerprint density at radius 2 is 2.15 bits per heavy atom. The number of hydrogen-bond donors (Lipinski definition) is 1. The average molecular weight is 301 g/mol. The van der Waals surface area contributed by atoms with Crippen molar-refractivity contribution in [1.29, 1.82) is 0 Å². The molecule has 20 heavy (non-hydrogen) atoms. The van der Waals surface area contributed by atoms with Gasteiger partial charge in [0, 0.05) is 48.7 Å². The Balaban J connectivity index is 1.88. The van der Waals surface area contributed by atoms with Crippen LogP contribution in [0.5, 0.6) is 0 Å². The third-order valence-corrected chi connectivity index (χ3v) is 5.60. The summed E-state index contributed by atoms with van der Waals surface area (Å²) in [6, 6.07) is 0. The number of nitrogens with zero attached hydrogens (tertiary/aromatic N) is 1. The lowest BCUT2D eigenvalue weighted by Gasteiger charge is -2.42. The van der Waals surface area contributed by atoms with Crippen LogP contribution in [0, 0.1) is 11.3 Å². The summed E-state index contributed by atoms with van der Waals surface area (Å²) in [4.78, 5) is 2.67. The molecular weight excluding hydrogens is 268 g/mol. The van der Waals surface area contributed by atoms with Gasteiger partial charge in [0.15, 0.2) is 0 Å². The highest BCUT2D eigenvalue weighted by molar-refractivity contribution is 8.00. The molecule has 0 bridgehead atoms. The Hall–Kier alpha value is 0.230. The molecule has 2 heterocycles. The third kappa shape index (κ3) is 4.90. The van der Waals surface area contributed by atoms with Crippen LogP contribution in [-0.2, 0) is 4.74 Å². The van der Waals surface area contributed by atoms with Crippen molar-refractivity contribution < 1.29 is 4.74 Å². The minimum atomic E-state index is 0.340. The average Bonchev–Trinajstić information content (AvgIpc) is 2.76. The maximum absolute atomic E-state index is 5.74. The van der Waals surface area contributed by atoms with Gasteiger partial charge in [0.2, 0.25) is 0 Å². The molecule has 2 saturated heterocycles. The molecule has 2 aliphatic heterocycles. The Kier molecular flexibility index (Phi) is 5.80. The highest BCUT2D eigenvalue weighted by Gasteiger charge is 2.38. The second-order valence-corrected chi connectivity index (χ2v) is 9.45. The van der Waals surface area contributed by atoms with Crippen LogP contribution in [0.3, 0.4) is 0 Å². The van der Waals surface area contributed by atoms with Gasteiger partial charge >= 0.3 is 0 Å². The predicted octanol–water partition coefficient (Wildman–Crippen LogP) is 2.47. The normalized spacial score (nSPS) is 31.1. The molecule has 1 N–H and O–H groups in total. The first-order valence-corrected chi connectivity index (χ1v) is 9.04. The van der Waals surface area contributed by atoms with Gasteiger partial charge in [0.25, 0.3) is 0 Å². The van der Waals surface area contributed by atoms with Crippen LogP contribution in [-0.4, -0.2) is 61.3 Å². The molecular formula is C16H32N2OS. The Labute approximate surface area is 129 Å². The third-order valence-electron chi connectivity index (χ3n) is 4.30. The number of thioether (sulfide) groups is 1. The van der Waals surface area contributed by atoms with Crippen LogP contribution >= 0.6 is 11.8 Å². The van der Waals surface area contributed by atoms with E-state index >= 15 is 0 Å². The van der Waals surface area contributed by atoms with E-state index in [1.165, 1.54) is 31.8 Å². The molecule has 0 aromatic rings. The second kappa shape index (κ2) is 6.99. The van der Waals surface area contributed by atoms with E-state index in [4.69, 9.17) is 4.74 Å². The molecule has 0 amide bonds. The zero-order valence-corrected chi connectivity index (χ0v) is 14.5. The zero-order valence-electron chi connectivity index (χ0n) is 13.7. The van der Waals surface area contributed by atoms with Crippen molar-refractivity contribution >= 4 is 11.8 Å². The molecule has 3 nitrogen and oxygen atoms in total. The van der Waals surface area contributed by atoms with Gasteiger partial charge in [0.05, 0.1) is 6.61 Å². The molecule has 4 heteroatoms. The van der Waals surface area contributed by atoms with Crippen LogP contribution in [0.2, 0.25) is 0 Å². The summed E-state index contributed by atoms with van der Waals surface area (Å²) in [6.45, 7) is 17.0. The zero-order chi connectivity index (χ0) is 14.6. The van der Waals surface area contributed by atoms with Crippen LogP contribution in [0.4, 0.5) is 0 Å². The molecule has 2 rings (SSSR count). The Morgan fingerprint density at radius 1 is 1.35 bits per heavy atom. The summed E-state index contributed by atoms with van der Waals surface area (Å²) in [5.74, 6) is 1.99. The van der Waals surface area contributed by atoms with E-state index in [-0.39, 0.29) is 0 Å². The summed E-state index contributed by atoms with van der Waals surface area (Å²) in [7, 11) is 0. The molecule has 2 fully saturated rings. The van der Waals surface area contributed by atoms with Crippen molar-refractivity contribution in [3.05, 3.63) is 0 Å². The molecule has 0 saturated carbocycles. The highest BCUT2D eigenvalue weighted by Crippen LogP contribution is 2.34. The fourth-order valence-corrected chi connectivity index (χ4v) is 4.50. The summed E-state index contributed by atoms with van der Waals surface area (Å²) >= 11 is 2.11. The van der Waals surface area contributed by atoms with E-state index in [0.29, 0.717) is 10.2 Å². The molecule has 0 aliphatic carbocycles. The van der Waals surface area contributed by atoms with Crippen LogP contribution < -0.4 is 5.32 Å². The van der Waals surface area contributed by atoms with Crippen molar-refractivity contribution in [1.82, 2.24) is 10.2 Å². The van der Waals surface area contributed by atoms with Crippen LogP contribution in [0.25, 0.3) is 0 Å². The quantitative estimate of drug-likeness (QED) is 0.814. The summed E-state index contributed by atoms with van der Waals surface area (Å²) in [5.41, 5.74) is 0.340. The SMILES string of the molecule is CC(C)CNCC1(CN2CCSC(C)(C)C2)CCOC1. The van der Waals surface area contributed by atoms with E-state index in [1.807, 2.05) is 0 Å². The number of rotatable bonds is 6. The molecule has 118 valence electrons. The van der Waals surface area contributed by atoms with E-state index in [9.17, 15) is 0 Å². The maximum atomic E-state index is 5.74. The minimum absolute atomic E-state index is 0.340. The van der Waals surface area contributed by atoms with Gasteiger partial charge in [-0.05, 0) is 32.7 Å². The molecule has 0 spiro atoms. The van der Waals surface area contributed by atoms with Crippen LogP contribution in [0.15, 0.2) is 0 Å². The first kappa shape index (κ1) is 16.6. The van der Waals surface area contributed by atoms with Gasteiger partial charge < -0.3 is 15.0 Å². The predicted molar refractivity (Wildman–Crippen MR) is 88.6 cm³/mol. The van der Waals surface area contributed by atoms with Gasteiger partial charge in [-0.15, -0.1) is 0 Å². The maximum Gasteiger partial charge on any atom is 0.0547 e. The highest BCUT2D eigenvalue weighted by atomic mass is 32.2. The lowest BCUT2D eigenvalue weighted by molar-refractivity contribution is 0.105. The van der Waals surface area contributed by atoms with Crippen molar-refractivity contribution in [3.8, 4) is 0 Å². The fourth-order valence-electron chi connectivity index (χ4n) is 3.32. The van der Waals surface area contributed by atoms with Gasteiger partial charge in [0.1, 0.15) is 0 Å². The minimum Gasteiger partial charge on any atom is -0.381 e.